The molecule has 0 saturated carbocycles. The lowest BCUT2D eigenvalue weighted by Crippen LogP contribution is -2.71. The van der Waals surface area contributed by atoms with Crippen molar-refractivity contribution in [3.8, 4) is 0 Å². The van der Waals surface area contributed by atoms with Gasteiger partial charge in [-0.15, -0.1) is 0 Å². The number of benzene rings is 6. The molecule has 3 heterocycles. The van der Waals surface area contributed by atoms with Crippen LogP contribution in [0.3, 0.4) is 0 Å². The Morgan fingerprint density at radius 2 is 0.531 bits per heavy atom. The second kappa shape index (κ2) is 10.7. The lowest BCUT2D eigenvalue weighted by molar-refractivity contribution is 1.30. The fraction of sp³-hybridized carbons (Fsp3) is 0.200. The molecular weight excluding hydrogens is 587 g/mol. The van der Waals surface area contributed by atoms with Crippen molar-refractivity contribution < 1.29 is 0 Å². The molecule has 0 amide bonds. The average molecular weight is 629 g/mol. The predicted molar refractivity (Wildman–Crippen MR) is 217 cm³/mol. The molecule has 0 bridgehead atoms. The summed E-state index contributed by atoms with van der Waals surface area (Å²) in [4.78, 5) is 2.71. The number of nitrogens with zero attached hydrogens (tertiary/aromatic N) is 1. The van der Waals surface area contributed by atoms with Gasteiger partial charge in [-0.05, 0) is 95.1 Å². The topological polar surface area (TPSA) is 3.24 Å². The highest BCUT2D eigenvalue weighted by Crippen LogP contribution is 2.39. The third-order valence-corrected chi connectivity index (χ3v) is 11.9. The molecule has 9 rings (SSSR count). The number of aryl methyl sites for hydroxylation is 9. The van der Waals surface area contributed by atoms with Crippen molar-refractivity contribution >= 4 is 86.4 Å². The summed E-state index contributed by atoms with van der Waals surface area (Å²) < 4.78 is 0. The van der Waals surface area contributed by atoms with Crippen LogP contribution in [0.25, 0.3) is 0 Å². The van der Waals surface area contributed by atoms with Gasteiger partial charge in [-0.3, -0.25) is 0 Å². The van der Waals surface area contributed by atoms with Crippen molar-refractivity contribution in [1.82, 2.24) is 0 Å². The monoisotopic (exact) mass is 629 g/mol. The molecule has 0 saturated heterocycles. The van der Waals surface area contributed by atoms with E-state index in [0.717, 1.165) is 0 Å². The van der Waals surface area contributed by atoms with E-state index in [2.05, 4.69) is 158 Å². The summed E-state index contributed by atoms with van der Waals surface area (Å²) in [7, 11) is 0. The number of anilines is 3. The van der Waals surface area contributed by atoms with Gasteiger partial charge in [0.25, 0.3) is 0 Å². The SMILES string of the molecule is Cc1cc(C)c(B2c3cccc4c3N3c5c2cccc5B(c2c(C)cc(C)cc2C)c2cccc(c23)B4c2c(C)cc(C)cc2C)c(C)c1. The Bertz CT molecular complexity index is 2020. The number of para-hydroxylation sites is 3. The van der Waals surface area contributed by atoms with Crippen LogP contribution in [0.4, 0.5) is 17.1 Å². The highest BCUT2D eigenvalue weighted by atomic mass is 15.2. The molecule has 6 aromatic rings. The van der Waals surface area contributed by atoms with E-state index in [-0.39, 0.29) is 20.1 Å². The largest absolute Gasteiger partial charge is 0.314 e. The highest BCUT2D eigenvalue weighted by molar-refractivity contribution is 7.06. The summed E-state index contributed by atoms with van der Waals surface area (Å²) in [6.45, 7) is 21.1. The van der Waals surface area contributed by atoms with Crippen LogP contribution in [0.15, 0.2) is 91.0 Å². The highest BCUT2D eigenvalue weighted by Gasteiger charge is 2.50. The van der Waals surface area contributed by atoms with Gasteiger partial charge in [0.05, 0.1) is 0 Å². The fourth-order valence-electron chi connectivity index (χ4n) is 10.6. The fourth-order valence-corrected chi connectivity index (χ4v) is 10.6. The molecule has 0 unspecified atom stereocenters. The van der Waals surface area contributed by atoms with Gasteiger partial charge >= 0.3 is 0 Å². The Morgan fingerprint density at radius 3 is 0.735 bits per heavy atom. The summed E-state index contributed by atoms with van der Waals surface area (Å²) in [5, 5.41) is 0. The van der Waals surface area contributed by atoms with Gasteiger partial charge in [0.1, 0.15) is 0 Å². The molecule has 3 aliphatic heterocycles. The Kier molecular flexibility index (Phi) is 6.61. The first-order valence-electron chi connectivity index (χ1n) is 18.0. The van der Waals surface area contributed by atoms with Crippen LogP contribution in [0.2, 0.25) is 0 Å². The van der Waals surface area contributed by atoms with Gasteiger partial charge in [0.15, 0.2) is 0 Å². The second-order valence-corrected chi connectivity index (χ2v) is 15.4. The molecule has 0 N–H and O–H groups in total. The zero-order valence-corrected chi connectivity index (χ0v) is 30.3. The van der Waals surface area contributed by atoms with Gasteiger partial charge in [0, 0.05) is 17.1 Å². The van der Waals surface area contributed by atoms with Crippen LogP contribution in [0.5, 0.6) is 0 Å². The minimum absolute atomic E-state index is 0.148. The average Bonchev–Trinajstić information content (AvgIpc) is 3.03. The molecular formula is C45H42B3N. The standard InChI is InChI=1S/C45H42B3N/c1-25-19-28(4)40(29(5)20-25)46-34-13-10-15-36-43(34)49-44-35(46)14-11-16-37(44)48(42-32(8)23-27(3)24-33(42)9)39-18-12-17-38(45(39)49)47(36)41-30(6)21-26(2)22-31(41)7/h10-24H,1-9H3. The normalized spacial score (nSPS) is 13.7. The zero-order valence-electron chi connectivity index (χ0n) is 30.3. The van der Waals surface area contributed by atoms with E-state index < -0.39 is 0 Å². The molecule has 0 atom stereocenters. The van der Waals surface area contributed by atoms with E-state index >= 15 is 0 Å². The van der Waals surface area contributed by atoms with Crippen molar-refractivity contribution in [2.75, 3.05) is 4.90 Å². The molecule has 0 aromatic heterocycles. The number of rotatable bonds is 3. The summed E-state index contributed by atoms with van der Waals surface area (Å²) in [6, 6.07) is 35.9. The van der Waals surface area contributed by atoms with Crippen molar-refractivity contribution in [1.29, 1.82) is 0 Å². The van der Waals surface area contributed by atoms with Crippen LogP contribution in [-0.2, 0) is 0 Å². The molecule has 6 aromatic carbocycles. The van der Waals surface area contributed by atoms with E-state index in [1.165, 1.54) is 116 Å². The van der Waals surface area contributed by atoms with Crippen molar-refractivity contribution in [2.24, 2.45) is 0 Å². The van der Waals surface area contributed by atoms with Crippen molar-refractivity contribution in [2.45, 2.75) is 62.3 Å². The van der Waals surface area contributed by atoms with Gasteiger partial charge in [0.2, 0.25) is 20.1 Å². The molecule has 3 aliphatic rings. The molecule has 236 valence electrons. The Labute approximate surface area is 293 Å². The minimum Gasteiger partial charge on any atom is -0.314 e. The molecule has 0 radical (unpaired) electrons. The van der Waals surface area contributed by atoms with Gasteiger partial charge in [-0.2, -0.15) is 0 Å². The molecule has 1 nitrogen and oxygen atoms in total. The van der Waals surface area contributed by atoms with E-state index in [1.807, 2.05) is 0 Å². The predicted octanol–water partition coefficient (Wildman–Crippen LogP) is 4.42. The van der Waals surface area contributed by atoms with Crippen LogP contribution in [0, 0.1) is 62.3 Å². The first-order chi connectivity index (χ1) is 23.5. The van der Waals surface area contributed by atoms with Gasteiger partial charge in [-0.1, -0.05) is 157 Å². The summed E-state index contributed by atoms with van der Waals surface area (Å²) in [6.07, 6.45) is 0. The Morgan fingerprint density at radius 1 is 0.327 bits per heavy atom. The van der Waals surface area contributed by atoms with Crippen LogP contribution in [0.1, 0.15) is 50.1 Å². The van der Waals surface area contributed by atoms with Gasteiger partial charge < -0.3 is 4.90 Å². The molecule has 4 heteroatoms. The lowest BCUT2D eigenvalue weighted by Gasteiger charge is -2.49. The van der Waals surface area contributed by atoms with E-state index in [4.69, 9.17) is 0 Å². The summed E-state index contributed by atoms with van der Waals surface area (Å²) in [5.41, 5.74) is 29.3. The third kappa shape index (κ3) is 4.16. The molecule has 0 spiro atoms. The van der Waals surface area contributed by atoms with Crippen molar-refractivity contribution in [3.05, 3.63) is 141 Å². The van der Waals surface area contributed by atoms with E-state index in [1.54, 1.807) is 0 Å². The van der Waals surface area contributed by atoms with Crippen molar-refractivity contribution in [3.63, 3.8) is 0 Å². The first kappa shape index (κ1) is 30.4. The molecule has 0 fully saturated rings. The Hall–Kier alpha value is -4.69. The third-order valence-electron chi connectivity index (χ3n) is 11.9. The quantitative estimate of drug-likeness (QED) is 0.262. The molecule has 49 heavy (non-hydrogen) atoms. The maximum Gasteiger partial charge on any atom is 0.247 e. The Balaban J connectivity index is 1.46. The number of hydrogen-bond acceptors (Lipinski definition) is 1. The van der Waals surface area contributed by atoms with Crippen LogP contribution < -0.4 is 54.1 Å². The molecule has 0 aliphatic carbocycles. The smallest absolute Gasteiger partial charge is 0.247 e. The van der Waals surface area contributed by atoms with Crippen LogP contribution >= 0.6 is 0 Å². The van der Waals surface area contributed by atoms with E-state index in [0.29, 0.717) is 0 Å². The summed E-state index contributed by atoms with van der Waals surface area (Å²) >= 11 is 0. The van der Waals surface area contributed by atoms with Gasteiger partial charge in [-0.25, -0.2) is 0 Å². The summed E-state index contributed by atoms with van der Waals surface area (Å²) in [5.74, 6) is 0. The lowest BCUT2D eigenvalue weighted by atomic mass is 9.25. The zero-order chi connectivity index (χ0) is 34.0. The first-order valence-corrected chi connectivity index (χ1v) is 18.0. The van der Waals surface area contributed by atoms with E-state index in [9.17, 15) is 0 Å². The van der Waals surface area contributed by atoms with Crippen LogP contribution in [-0.4, -0.2) is 20.1 Å². The second-order valence-electron chi connectivity index (χ2n) is 15.4. The maximum atomic E-state index is 2.71. The minimum atomic E-state index is 0.148. The number of hydrogen-bond donors (Lipinski definition) is 0. The maximum absolute atomic E-state index is 2.71.